The number of hydrogen-bond donors (Lipinski definition) is 1. The number of rotatable bonds is 5. The van der Waals surface area contributed by atoms with Crippen LogP contribution in [0.15, 0.2) is 0 Å². The fourth-order valence-electron chi connectivity index (χ4n) is 2.73. The smallest absolute Gasteiger partial charge is 0.236 e. The SMILES string of the molecule is CN(C(=O)CN1CCCC(CCN)C1)C1CC1. The van der Waals surface area contributed by atoms with Crippen LogP contribution in [0.5, 0.6) is 0 Å². The molecule has 1 atom stereocenters. The second kappa shape index (κ2) is 5.83. The number of carbonyl (C=O) groups is 1. The van der Waals surface area contributed by atoms with E-state index in [1.807, 2.05) is 11.9 Å². The zero-order valence-corrected chi connectivity index (χ0v) is 10.9. The fourth-order valence-corrected chi connectivity index (χ4v) is 2.73. The zero-order chi connectivity index (χ0) is 12.3. The third-order valence-electron chi connectivity index (χ3n) is 4.02. The molecule has 1 aliphatic carbocycles. The lowest BCUT2D eigenvalue weighted by atomic mass is 9.95. The predicted molar refractivity (Wildman–Crippen MR) is 68.6 cm³/mol. The molecule has 4 heteroatoms. The van der Waals surface area contributed by atoms with E-state index in [2.05, 4.69) is 4.90 Å². The highest BCUT2D eigenvalue weighted by molar-refractivity contribution is 5.78. The van der Waals surface area contributed by atoms with Crippen LogP contribution in [0.4, 0.5) is 0 Å². The first-order valence-corrected chi connectivity index (χ1v) is 6.88. The van der Waals surface area contributed by atoms with Crippen molar-refractivity contribution in [2.24, 2.45) is 11.7 Å². The summed E-state index contributed by atoms with van der Waals surface area (Å²) >= 11 is 0. The molecule has 2 fully saturated rings. The van der Waals surface area contributed by atoms with Gasteiger partial charge in [0, 0.05) is 19.6 Å². The predicted octanol–water partition coefficient (Wildman–Crippen LogP) is 0.668. The highest BCUT2D eigenvalue weighted by Crippen LogP contribution is 2.26. The molecule has 17 heavy (non-hydrogen) atoms. The van der Waals surface area contributed by atoms with Gasteiger partial charge >= 0.3 is 0 Å². The standard InChI is InChI=1S/C13H25N3O/c1-15(12-4-5-12)13(17)10-16-8-2-3-11(9-16)6-7-14/h11-12H,2-10,14H2,1H3. The molecule has 0 aromatic heterocycles. The van der Waals surface area contributed by atoms with Crippen molar-refractivity contribution in [2.75, 3.05) is 33.2 Å². The van der Waals surface area contributed by atoms with E-state index in [4.69, 9.17) is 5.73 Å². The van der Waals surface area contributed by atoms with Crippen molar-refractivity contribution < 1.29 is 4.79 Å². The molecule has 0 spiro atoms. The van der Waals surface area contributed by atoms with Gasteiger partial charge in [-0.05, 0) is 51.1 Å². The third-order valence-corrected chi connectivity index (χ3v) is 4.02. The Morgan fingerprint density at radius 2 is 2.18 bits per heavy atom. The van der Waals surface area contributed by atoms with E-state index < -0.39 is 0 Å². The molecule has 2 aliphatic rings. The van der Waals surface area contributed by atoms with Gasteiger partial charge in [0.05, 0.1) is 6.54 Å². The summed E-state index contributed by atoms with van der Waals surface area (Å²) in [5, 5.41) is 0. The van der Waals surface area contributed by atoms with Crippen LogP contribution in [0.3, 0.4) is 0 Å². The highest BCUT2D eigenvalue weighted by atomic mass is 16.2. The van der Waals surface area contributed by atoms with Gasteiger partial charge in [-0.15, -0.1) is 0 Å². The molecule has 1 aliphatic heterocycles. The first-order valence-electron chi connectivity index (χ1n) is 6.88. The summed E-state index contributed by atoms with van der Waals surface area (Å²) in [6, 6.07) is 0.534. The van der Waals surface area contributed by atoms with E-state index in [9.17, 15) is 4.79 Å². The molecule has 2 rings (SSSR count). The molecule has 2 N–H and O–H groups in total. The van der Waals surface area contributed by atoms with Gasteiger partial charge < -0.3 is 10.6 Å². The largest absolute Gasteiger partial charge is 0.342 e. The molecule has 0 aromatic carbocycles. The normalized spacial score (nSPS) is 25.9. The van der Waals surface area contributed by atoms with Crippen molar-refractivity contribution >= 4 is 5.91 Å². The summed E-state index contributed by atoms with van der Waals surface area (Å²) in [5.41, 5.74) is 5.61. The van der Waals surface area contributed by atoms with Gasteiger partial charge in [-0.1, -0.05) is 0 Å². The summed E-state index contributed by atoms with van der Waals surface area (Å²) in [6.07, 6.45) is 5.98. The first-order chi connectivity index (χ1) is 8.20. The van der Waals surface area contributed by atoms with Gasteiger partial charge in [-0.3, -0.25) is 9.69 Å². The number of carbonyl (C=O) groups excluding carboxylic acids is 1. The van der Waals surface area contributed by atoms with E-state index in [1.54, 1.807) is 0 Å². The number of likely N-dealkylation sites (tertiary alicyclic amines) is 1. The lowest BCUT2D eigenvalue weighted by molar-refractivity contribution is -0.132. The number of nitrogens with zero attached hydrogens (tertiary/aromatic N) is 2. The summed E-state index contributed by atoms with van der Waals surface area (Å²) in [6.45, 7) is 3.51. The van der Waals surface area contributed by atoms with E-state index in [-0.39, 0.29) is 0 Å². The minimum atomic E-state index is 0.292. The summed E-state index contributed by atoms with van der Waals surface area (Å²) in [7, 11) is 1.95. The molecule has 0 aromatic rings. The highest BCUT2D eigenvalue weighted by Gasteiger charge is 2.30. The lowest BCUT2D eigenvalue weighted by Crippen LogP contribution is -2.44. The molecule has 1 unspecified atom stereocenters. The van der Waals surface area contributed by atoms with Crippen LogP contribution in [-0.2, 0) is 4.79 Å². The Morgan fingerprint density at radius 1 is 1.41 bits per heavy atom. The summed E-state index contributed by atoms with van der Waals surface area (Å²) in [5.74, 6) is 0.994. The Labute approximate surface area is 104 Å². The van der Waals surface area contributed by atoms with E-state index in [0.29, 0.717) is 24.4 Å². The average molecular weight is 239 g/mol. The zero-order valence-electron chi connectivity index (χ0n) is 10.9. The third kappa shape index (κ3) is 3.68. The van der Waals surface area contributed by atoms with Gasteiger partial charge in [-0.25, -0.2) is 0 Å². The van der Waals surface area contributed by atoms with Crippen molar-refractivity contribution in [1.82, 2.24) is 9.80 Å². The van der Waals surface area contributed by atoms with Crippen molar-refractivity contribution in [2.45, 2.75) is 38.1 Å². The Balaban J connectivity index is 1.75. The Morgan fingerprint density at radius 3 is 2.82 bits per heavy atom. The molecule has 1 heterocycles. The summed E-state index contributed by atoms with van der Waals surface area (Å²) in [4.78, 5) is 16.3. The van der Waals surface area contributed by atoms with Crippen molar-refractivity contribution in [1.29, 1.82) is 0 Å². The van der Waals surface area contributed by atoms with E-state index in [1.165, 1.54) is 25.7 Å². The topological polar surface area (TPSA) is 49.6 Å². The number of piperidine rings is 1. The molecule has 0 bridgehead atoms. The van der Waals surface area contributed by atoms with Crippen LogP contribution < -0.4 is 5.73 Å². The Kier molecular flexibility index (Phi) is 4.40. The maximum Gasteiger partial charge on any atom is 0.236 e. The van der Waals surface area contributed by atoms with Crippen molar-refractivity contribution in [3.05, 3.63) is 0 Å². The Bertz CT molecular complexity index is 263. The van der Waals surface area contributed by atoms with Gasteiger partial charge in [0.2, 0.25) is 5.91 Å². The van der Waals surface area contributed by atoms with Crippen molar-refractivity contribution in [3.63, 3.8) is 0 Å². The van der Waals surface area contributed by atoms with Crippen LogP contribution in [-0.4, -0.2) is 55.0 Å². The minimum absolute atomic E-state index is 0.292. The monoisotopic (exact) mass is 239 g/mol. The summed E-state index contributed by atoms with van der Waals surface area (Å²) < 4.78 is 0. The number of amides is 1. The number of nitrogens with two attached hydrogens (primary N) is 1. The van der Waals surface area contributed by atoms with Gasteiger partial charge in [0.1, 0.15) is 0 Å². The number of likely N-dealkylation sites (N-methyl/N-ethyl adjacent to an activating group) is 1. The van der Waals surface area contributed by atoms with Crippen LogP contribution in [0, 0.1) is 5.92 Å². The molecule has 1 saturated heterocycles. The van der Waals surface area contributed by atoms with Crippen LogP contribution in [0.1, 0.15) is 32.1 Å². The Hall–Kier alpha value is -0.610. The number of hydrogen-bond acceptors (Lipinski definition) is 3. The molecular formula is C13H25N3O. The molecule has 0 radical (unpaired) electrons. The van der Waals surface area contributed by atoms with Gasteiger partial charge in [0.25, 0.3) is 0 Å². The van der Waals surface area contributed by atoms with Crippen LogP contribution >= 0.6 is 0 Å². The van der Waals surface area contributed by atoms with Crippen LogP contribution in [0.25, 0.3) is 0 Å². The lowest BCUT2D eigenvalue weighted by Gasteiger charge is -2.33. The second-order valence-electron chi connectivity index (χ2n) is 5.56. The van der Waals surface area contributed by atoms with Crippen LogP contribution in [0.2, 0.25) is 0 Å². The molecule has 1 amide bonds. The molecule has 4 nitrogen and oxygen atoms in total. The van der Waals surface area contributed by atoms with E-state index >= 15 is 0 Å². The van der Waals surface area contributed by atoms with Gasteiger partial charge in [0.15, 0.2) is 0 Å². The molecular weight excluding hydrogens is 214 g/mol. The van der Waals surface area contributed by atoms with Crippen molar-refractivity contribution in [3.8, 4) is 0 Å². The fraction of sp³-hybridized carbons (Fsp3) is 0.923. The maximum absolute atomic E-state index is 12.0. The first kappa shape index (κ1) is 12.8. The van der Waals surface area contributed by atoms with E-state index in [0.717, 1.165) is 26.1 Å². The second-order valence-corrected chi connectivity index (χ2v) is 5.56. The molecule has 1 saturated carbocycles. The van der Waals surface area contributed by atoms with Gasteiger partial charge in [-0.2, -0.15) is 0 Å². The maximum atomic E-state index is 12.0. The average Bonchev–Trinajstić information content (AvgIpc) is 3.13. The minimum Gasteiger partial charge on any atom is -0.342 e. The quantitative estimate of drug-likeness (QED) is 0.767. The molecule has 98 valence electrons.